The molecule has 0 amide bonds. The largest absolute Gasteiger partial charge is 0.497 e. The first kappa shape index (κ1) is 23.6. The summed E-state index contributed by atoms with van der Waals surface area (Å²) >= 11 is 0. The lowest BCUT2D eigenvalue weighted by Crippen LogP contribution is -2.68. The molecule has 2 aromatic rings. The summed E-state index contributed by atoms with van der Waals surface area (Å²) in [5.41, 5.74) is 1.59. The van der Waals surface area contributed by atoms with Crippen LogP contribution in [0, 0.1) is 41.1 Å². The number of aromatic nitrogens is 1. The lowest BCUT2D eigenvalue weighted by atomic mass is 10.1. The fraction of sp³-hybridized carbons (Fsp3) is 0.214. The van der Waals surface area contributed by atoms with Crippen LogP contribution in [0.2, 0.25) is 0 Å². The third kappa shape index (κ3) is 6.35. The lowest BCUT2D eigenvalue weighted by molar-refractivity contribution is -2.00. The van der Waals surface area contributed by atoms with Crippen molar-refractivity contribution in [3.8, 4) is 11.4 Å². The van der Waals surface area contributed by atoms with Crippen LogP contribution in [-0.4, -0.2) is 18.4 Å². The molecule has 2 rings (SSSR count). The fourth-order valence-electron chi connectivity index (χ4n) is 2.54. The molecule has 28 heavy (non-hydrogen) atoms. The van der Waals surface area contributed by atoms with E-state index in [1.165, 1.54) is 4.57 Å². The summed E-state index contributed by atoms with van der Waals surface area (Å²) in [6.07, 6.45) is 0. The molecule has 0 spiro atoms. The number of primary sulfonamides is 1. The molecule has 0 saturated heterocycles. The molecule has 0 aliphatic carbocycles. The molecule has 1 aromatic carbocycles. The molecule has 0 bridgehead atoms. The Hall–Kier alpha value is -2.39. The predicted molar refractivity (Wildman–Crippen MR) is 81.9 cm³/mol. The third-order valence-electron chi connectivity index (χ3n) is 3.39. The second kappa shape index (κ2) is 8.32. The molecule has 3 N–H and O–H groups in total. The van der Waals surface area contributed by atoms with Gasteiger partial charge >= 0.3 is 5.69 Å². The Bertz CT molecular complexity index is 990. The van der Waals surface area contributed by atoms with Crippen molar-refractivity contribution in [2.45, 2.75) is 25.7 Å². The Morgan fingerprint density at radius 2 is 1.46 bits per heavy atom. The van der Waals surface area contributed by atoms with Crippen molar-refractivity contribution in [1.29, 1.82) is 0 Å². The Labute approximate surface area is 161 Å². The molecular weight excluding hydrogens is 422 g/mol. The minimum absolute atomic E-state index is 0.0155. The van der Waals surface area contributed by atoms with Gasteiger partial charge in [0.15, 0.2) is 11.4 Å². The summed E-state index contributed by atoms with van der Waals surface area (Å²) in [5, 5.41) is 26.4. The number of sulfonamides is 1. The van der Waals surface area contributed by atoms with Gasteiger partial charge in [0.05, 0.1) is 9.82 Å². The topological polar surface area (TPSA) is 220 Å². The maximum absolute atomic E-state index is 11.6. The molecule has 0 unspecified atom stereocenters. The van der Waals surface area contributed by atoms with Crippen LogP contribution in [0.25, 0.3) is 5.69 Å². The SMILES string of the molecule is Cc1cc(C)[n+](-c2cc(S(N)(=O)=O)cc([N+](=O)[O-])c2O)c(C)c1.[O-][Cl+3]([O-])([O-])[O-]. The molecule has 0 aliphatic rings. The molecule has 0 aliphatic heterocycles. The highest BCUT2D eigenvalue weighted by atomic mass is 35.7. The maximum Gasteiger partial charge on any atom is 0.319 e. The predicted octanol–water partition coefficient (Wildman–Crippen LogP) is -3.61. The zero-order valence-electron chi connectivity index (χ0n) is 14.8. The van der Waals surface area contributed by atoms with E-state index in [-0.39, 0.29) is 5.69 Å². The van der Waals surface area contributed by atoms with E-state index in [9.17, 15) is 23.6 Å². The normalized spacial score (nSPS) is 11.6. The summed E-state index contributed by atoms with van der Waals surface area (Å²) in [4.78, 5) is 9.81. The van der Waals surface area contributed by atoms with Crippen molar-refractivity contribution in [1.82, 2.24) is 0 Å². The van der Waals surface area contributed by atoms with Gasteiger partial charge in [0.25, 0.3) is 11.4 Å². The Balaban J connectivity index is 0.000000696. The van der Waals surface area contributed by atoms with Crippen LogP contribution < -0.4 is 28.3 Å². The number of phenols is 1. The van der Waals surface area contributed by atoms with E-state index in [2.05, 4.69) is 0 Å². The number of rotatable bonds is 3. The van der Waals surface area contributed by atoms with Crippen molar-refractivity contribution in [3.05, 3.63) is 51.3 Å². The second-order valence-electron chi connectivity index (χ2n) is 5.64. The third-order valence-corrected chi connectivity index (χ3v) is 4.28. The summed E-state index contributed by atoms with van der Waals surface area (Å²) < 4.78 is 58.7. The monoisotopic (exact) mass is 437 g/mol. The first-order valence-electron chi connectivity index (χ1n) is 7.18. The molecule has 14 heteroatoms. The van der Waals surface area contributed by atoms with Crippen molar-refractivity contribution in [3.63, 3.8) is 0 Å². The number of aromatic hydroxyl groups is 1. The molecule has 0 radical (unpaired) electrons. The lowest BCUT2D eigenvalue weighted by Gasteiger charge is -2.17. The number of halogens is 1. The molecule has 0 atom stereocenters. The average molecular weight is 438 g/mol. The number of nitro groups is 1. The van der Waals surface area contributed by atoms with Crippen LogP contribution in [0.5, 0.6) is 5.75 Å². The number of benzene rings is 1. The van der Waals surface area contributed by atoms with E-state index in [1.807, 2.05) is 19.1 Å². The molecule has 154 valence electrons. The van der Waals surface area contributed by atoms with Gasteiger partial charge in [0.1, 0.15) is 0 Å². The van der Waals surface area contributed by atoms with Crippen LogP contribution in [0.4, 0.5) is 5.69 Å². The highest BCUT2D eigenvalue weighted by Crippen LogP contribution is 2.33. The molecule has 0 saturated carbocycles. The van der Waals surface area contributed by atoms with Gasteiger partial charge in [0.2, 0.25) is 10.0 Å². The van der Waals surface area contributed by atoms with Gasteiger partial charge in [-0.1, -0.05) is 0 Å². The molecule has 0 fully saturated rings. The number of nitrogens with two attached hydrogens (primary N) is 1. The van der Waals surface area contributed by atoms with E-state index in [1.54, 1.807) is 13.8 Å². The van der Waals surface area contributed by atoms with E-state index in [0.29, 0.717) is 11.4 Å². The van der Waals surface area contributed by atoms with Crippen molar-refractivity contribution < 1.29 is 51.9 Å². The maximum atomic E-state index is 11.6. The van der Waals surface area contributed by atoms with E-state index < -0.39 is 41.5 Å². The number of phenolic OH excluding ortho intramolecular Hbond substituents is 1. The number of pyridine rings is 1. The molecule has 12 nitrogen and oxygen atoms in total. The Morgan fingerprint density at radius 3 is 1.82 bits per heavy atom. The first-order chi connectivity index (χ1) is 12.5. The van der Waals surface area contributed by atoms with Gasteiger partial charge < -0.3 is 5.11 Å². The van der Waals surface area contributed by atoms with Gasteiger partial charge in [-0.3, -0.25) is 10.1 Å². The van der Waals surface area contributed by atoms with Gasteiger partial charge in [-0.05, 0) is 12.5 Å². The van der Waals surface area contributed by atoms with E-state index >= 15 is 0 Å². The Morgan fingerprint density at radius 1 is 1.04 bits per heavy atom. The molecule has 1 heterocycles. The summed E-state index contributed by atoms with van der Waals surface area (Å²) in [6, 6.07) is 5.48. The van der Waals surface area contributed by atoms with Crippen molar-refractivity contribution >= 4 is 15.7 Å². The zero-order chi connectivity index (χ0) is 22.0. The number of nitro benzene ring substituents is 1. The van der Waals surface area contributed by atoms with Crippen molar-refractivity contribution in [2.75, 3.05) is 0 Å². The van der Waals surface area contributed by atoms with E-state index in [4.69, 9.17) is 23.8 Å². The summed E-state index contributed by atoms with van der Waals surface area (Å²) in [7, 11) is -9.11. The standard InChI is InChI=1S/C14H15N3O5S.ClHO4/c1-8-4-9(2)16(10(3)5-8)12-6-11(23(15,21)22)7-13(14(12)18)17(19)20;2-1(3,4)5/h4-7H,1-3H3,(H2-,15,18,21,22);(H,2,3,4,5). The number of hydrogen-bond acceptors (Lipinski definition) is 9. The number of aryl methyl sites for hydroxylation is 3. The first-order valence-corrected chi connectivity index (χ1v) is 9.96. The van der Waals surface area contributed by atoms with Gasteiger partial charge in [-0.2, -0.15) is 4.57 Å². The van der Waals surface area contributed by atoms with Crippen LogP contribution in [0.1, 0.15) is 17.0 Å². The second-order valence-corrected chi connectivity index (χ2v) is 7.96. The van der Waals surface area contributed by atoms with Crippen LogP contribution in [-0.2, 0) is 10.0 Å². The van der Waals surface area contributed by atoms with Gasteiger partial charge in [-0.25, -0.2) is 32.2 Å². The highest BCUT2D eigenvalue weighted by molar-refractivity contribution is 7.89. The number of nitrogens with zero attached hydrogens (tertiary/aromatic N) is 2. The average Bonchev–Trinajstić information content (AvgIpc) is 2.44. The summed E-state index contributed by atoms with van der Waals surface area (Å²) in [6.45, 7) is 5.37. The van der Waals surface area contributed by atoms with Gasteiger partial charge in [-0.15, -0.1) is 10.2 Å². The van der Waals surface area contributed by atoms with Crippen LogP contribution >= 0.6 is 0 Å². The van der Waals surface area contributed by atoms with Crippen molar-refractivity contribution in [2.24, 2.45) is 5.14 Å². The van der Waals surface area contributed by atoms with Gasteiger partial charge in [0, 0.05) is 38.1 Å². The molecular formula is C14H16ClN3O9S. The fourth-order valence-corrected chi connectivity index (χ4v) is 3.09. The summed E-state index contributed by atoms with van der Waals surface area (Å²) in [5.74, 6) is -0.623. The van der Waals surface area contributed by atoms with E-state index in [0.717, 1.165) is 17.7 Å². The zero-order valence-corrected chi connectivity index (χ0v) is 16.4. The Kier molecular flexibility index (Phi) is 7.03. The molecule has 1 aromatic heterocycles. The smallest absolute Gasteiger partial charge is 0.319 e. The minimum Gasteiger partial charge on any atom is -0.497 e. The highest BCUT2D eigenvalue weighted by Gasteiger charge is 2.30. The number of hydrogen-bond donors (Lipinski definition) is 2. The van der Waals surface area contributed by atoms with Crippen LogP contribution in [0.3, 0.4) is 0 Å². The minimum atomic E-state index is -4.94. The van der Waals surface area contributed by atoms with Crippen LogP contribution in [0.15, 0.2) is 29.2 Å². The quantitative estimate of drug-likeness (QED) is 0.274.